The van der Waals surface area contributed by atoms with Crippen molar-refractivity contribution in [1.82, 2.24) is 0 Å². The van der Waals surface area contributed by atoms with Gasteiger partial charge in [0.15, 0.2) is 0 Å². The Balaban J connectivity index is 1.75. The molecule has 0 radical (unpaired) electrons. The van der Waals surface area contributed by atoms with E-state index in [-0.39, 0.29) is 0 Å². The first-order valence-electron chi connectivity index (χ1n) is 9.93. The van der Waals surface area contributed by atoms with Crippen molar-refractivity contribution >= 4 is 6.29 Å². The third-order valence-corrected chi connectivity index (χ3v) is 5.09. The maximum Gasteiger partial charge on any atom is 0.123 e. The molecule has 1 unspecified atom stereocenters. The van der Waals surface area contributed by atoms with Crippen LogP contribution in [0.15, 0.2) is 0 Å². The first-order chi connectivity index (χ1) is 10.9. The fourth-order valence-corrected chi connectivity index (χ4v) is 3.42. The molecule has 1 aliphatic carbocycles. The van der Waals surface area contributed by atoms with Gasteiger partial charge in [0.25, 0.3) is 0 Å². The standard InChI is InChI=1S/C20H38O2/c1-2-19(18-21)14-10-7-5-3-4-6-8-13-17-22-20-15-11-9-12-16-20/h18-20H,2-17H2,1H3. The van der Waals surface area contributed by atoms with E-state index in [0.29, 0.717) is 12.0 Å². The summed E-state index contributed by atoms with van der Waals surface area (Å²) in [5, 5.41) is 0. The second kappa shape index (κ2) is 14.2. The van der Waals surface area contributed by atoms with E-state index in [1.807, 2.05) is 0 Å². The molecule has 2 nitrogen and oxygen atoms in total. The van der Waals surface area contributed by atoms with Crippen molar-refractivity contribution in [1.29, 1.82) is 0 Å². The molecule has 1 atom stereocenters. The number of hydrogen-bond donors (Lipinski definition) is 0. The fraction of sp³-hybridized carbons (Fsp3) is 0.950. The van der Waals surface area contributed by atoms with Crippen LogP contribution in [-0.4, -0.2) is 19.0 Å². The van der Waals surface area contributed by atoms with Gasteiger partial charge >= 0.3 is 0 Å². The number of carbonyl (C=O) groups excluding carboxylic acids is 1. The van der Waals surface area contributed by atoms with Gasteiger partial charge in [0.05, 0.1) is 6.10 Å². The average molecular weight is 311 g/mol. The molecule has 1 saturated carbocycles. The van der Waals surface area contributed by atoms with Crippen LogP contribution in [0.2, 0.25) is 0 Å². The molecule has 0 aliphatic heterocycles. The second-order valence-corrected chi connectivity index (χ2v) is 7.05. The molecule has 130 valence electrons. The Kier molecular flexibility index (Phi) is 12.7. The van der Waals surface area contributed by atoms with Crippen molar-refractivity contribution in [3.8, 4) is 0 Å². The van der Waals surface area contributed by atoms with Gasteiger partial charge in [-0.2, -0.15) is 0 Å². The summed E-state index contributed by atoms with van der Waals surface area (Å²) in [6.45, 7) is 3.09. The van der Waals surface area contributed by atoms with Gasteiger partial charge in [-0.1, -0.05) is 71.1 Å². The summed E-state index contributed by atoms with van der Waals surface area (Å²) in [6, 6.07) is 0. The smallest absolute Gasteiger partial charge is 0.123 e. The zero-order chi connectivity index (χ0) is 15.9. The first kappa shape index (κ1) is 19.7. The maximum absolute atomic E-state index is 10.7. The summed E-state index contributed by atoms with van der Waals surface area (Å²) >= 11 is 0. The molecule has 1 fully saturated rings. The monoisotopic (exact) mass is 310 g/mol. The van der Waals surface area contributed by atoms with Gasteiger partial charge in [-0.3, -0.25) is 0 Å². The molecule has 0 amide bonds. The van der Waals surface area contributed by atoms with Crippen LogP contribution >= 0.6 is 0 Å². The van der Waals surface area contributed by atoms with Gasteiger partial charge in [0.2, 0.25) is 0 Å². The molecule has 0 bridgehead atoms. The van der Waals surface area contributed by atoms with Gasteiger partial charge in [-0.15, -0.1) is 0 Å². The first-order valence-corrected chi connectivity index (χ1v) is 9.93. The zero-order valence-corrected chi connectivity index (χ0v) is 14.9. The minimum absolute atomic E-state index is 0.309. The highest BCUT2D eigenvalue weighted by Crippen LogP contribution is 2.20. The third-order valence-electron chi connectivity index (χ3n) is 5.09. The highest BCUT2D eigenvalue weighted by Gasteiger charge is 2.12. The van der Waals surface area contributed by atoms with Crippen molar-refractivity contribution in [3.63, 3.8) is 0 Å². The van der Waals surface area contributed by atoms with Gasteiger partial charge in [0, 0.05) is 12.5 Å². The third kappa shape index (κ3) is 10.4. The van der Waals surface area contributed by atoms with E-state index in [2.05, 4.69) is 6.92 Å². The van der Waals surface area contributed by atoms with E-state index in [9.17, 15) is 4.79 Å². The van der Waals surface area contributed by atoms with E-state index in [1.165, 1.54) is 83.5 Å². The molecule has 0 saturated heterocycles. The average Bonchev–Trinajstić information content (AvgIpc) is 2.57. The number of carbonyl (C=O) groups is 1. The SMILES string of the molecule is CCC(C=O)CCCCCCCCCCOC1CCCCC1. The molecule has 1 rings (SSSR count). The van der Waals surface area contributed by atoms with Crippen molar-refractivity contribution in [2.75, 3.05) is 6.61 Å². The molecule has 2 heteroatoms. The maximum atomic E-state index is 10.7. The molecular weight excluding hydrogens is 272 g/mol. The number of unbranched alkanes of at least 4 members (excludes halogenated alkanes) is 7. The normalized spacial score (nSPS) is 17.5. The molecule has 0 N–H and O–H groups in total. The Hall–Kier alpha value is -0.370. The van der Waals surface area contributed by atoms with Gasteiger partial charge in [0.1, 0.15) is 6.29 Å². The van der Waals surface area contributed by atoms with Crippen LogP contribution < -0.4 is 0 Å². The summed E-state index contributed by atoms with van der Waals surface area (Å²) in [7, 11) is 0. The summed E-state index contributed by atoms with van der Waals surface area (Å²) in [6.07, 6.45) is 21.1. The molecule has 0 spiro atoms. The number of ether oxygens (including phenoxy) is 1. The zero-order valence-electron chi connectivity index (χ0n) is 14.9. The molecule has 0 aromatic rings. The fourth-order valence-electron chi connectivity index (χ4n) is 3.42. The molecular formula is C20H38O2. The van der Waals surface area contributed by atoms with E-state index in [0.717, 1.165) is 25.7 Å². The van der Waals surface area contributed by atoms with Crippen molar-refractivity contribution in [2.24, 2.45) is 5.92 Å². The molecule has 0 aromatic carbocycles. The number of aldehydes is 1. The predicted octanol–water partition coefficient (Wildman–Crippen LogP) is 6.07. The lowest BCUT2D eigenvalue weighted by atomic mass is 9.98. The van der Waals surface area contributed by atoms with Gasteiger partial charge in [-0.05, 0) is 32.1 Å². The summed E-state index contributed by atoms with van der Waals surface area (Å²) in [5.74, 6) is 0.309. The van der Waals surface area contributed by atoms with Crippen LogP contribution in [0.4, 0.5) is 0 Å². The number of hydrogen-bond acceptors (Lipinski definition) is 2. The minimum atomic E-state index is 0.309. The van der Waals surface area contributed by atoms with Crippen LogP contribution in [0, 0.1) is 5.92 Å². The Morgan fingerprint density at radius 1 is 0.909 bits per heavy atom. The molecule has 0 heterocycles. The highest BCUT2D eigenvalue weighted by molar-refractivity contribution is 5.53. The van der Waals surface area contributed by atoms with Gasteiger partial charge in [-0.25, -0.2) is 0 Å². The molecule has 0 aromatic heterocycles. The van der Waals surface area contributed by atoms with E-state index in [4.69, 9.17) is 4.74 Å². The quantitative estimate of drug-likeness (QED) is 0.287. The van der Waals surface area contributed by atoms with Crippen LogP contribution in [0.3, 0.4) is 0 Å². The van der Waals surface area contributed by atoms with Gasteiger partial charge < -0.3 is 9.53 Å². The largest absolute Gasteiger partial charge is 0.378 e. The predicted molar refractivity (Wildman–Crippen MR) is 94.2 cm³/mol. The second-order valence-electron chi connectivity index (χ2n) is 7.05. The van der Waals surface area contributed by atoms with E-state index in [1.54, 1.807) is 0 Å². The van der Waals surface area contributed by atoms with E-state index < -0.39 is 0 Å². The highest BCUT2D eigenvalue weighted by atomic mass is 16.5. The molecule has 22 heavy (non-hydrogen) atoms. The van der Waals surface area contributed by atoms with Crippen molar-refractivity contribution < 1.29 is 9.53 Å². The Morgan fingerprint density at radius 2 is 1.50 bits per heavy atom. The Labute approximate surface area is 138 Å². The van der Waals surface area contributed by atoms with E-state index >= 15 is 0 Å². The minimum Gasteiger partial charge on any atom is -0.378 e. The summed E-state index contributed by atoms with van der Waals surface area (Å²) in [4.78, 5) is 10.7. The Bertz CT molecular complexity index is 246. The Morgan fingerprint density at radius 3 is 2.09 bits per heavy atom. The van der Waals surface area contributed by atoms with Crippen LogP contribution in [0.25, 0.3) is 0 Å². The van der Waals surface area contributed by atoms with Crippen LogP contribution in [-0.2, 0) is 9.53 Å². The van der Waals surface area contributed by atoms with Crippen molar-refractivity contribution in [2.45, 2.75) is 109 Å². The lowest BCUT2D eigenvalue weighted by Crippen LogP contribution is -2.17. The molecule has 1 aliphatic rings. The lowest BCUT2D eigenvalue weighted by Gasteiger charge is -2.21. The summed E-state index contributed by atoms with van der Waals surface area (Å²) in [5.41, 5.74) is 0. The lowest BCUT2D eigenvalue weighted by molar-refractivity contribution is -0.111. The summed E-state index contributed by atoms with van der Waals surface area (Å²) < 4.78 is 5.96. The van der Waals surface area contributed by atoms with Crippen molar-refractivity contribution in [3.05, 3.63) is 0 Å². The van der Waals surface area contributed by atoms with Crippen LogP contribution in [0.1, 0.15) is 103 Å². The van der Waals surface area contributed by atoms with Crippen LogP contribution in [0.5, 0.6) is 0 Å². The number of rotatable bonds is 14. The topological polar surface area (TPSA) is 26.3 Å².